The lowest BCUT2D eigenvalue weighted by atomic mass is 9.95. The van der Waals surface area contributed by atoms with Crippen molar-refractivity contribution in [3.05, 3.63) is 93.3 Å². The minimum atomic E-state index is -0.870. The van der Waals surface area contributed by atoms with Crippen LogP contribution >= 0.6 is 11.3 Å². The number of benzene rings is 1. The zero-order valence-electron chi connectivity index (χ0n) is 17.0. The molecule has 0 bridgehead atoms. The molecule has 10 nitrogen and oxygen atoms in total. The summed E-state index contributed by atoms with van der Waals surface area (Å²) < 4.78 is 6.45. The van der Waals surface area contributed by atoms with Gasteiger partial charge in [-0.25, -0.2) is 14.6 Å². The number of allylic oxidation sites excluding steroid dienone is 1. The van der Waals surface area contributed by atoms with E-state index in [0.29, 0.717) is 22.5 Å². The number of hydrogen-bond acceptors (Lipinski definition) is 8. The number of nitrogens with one attached hydrogen (secondary N) is 2. The number of nitrogens with zero attached hydrogens (tertiary/aromatic N) is 2. The Balaban J connectivity index is 2.05. The van der Waals surface area contributed by atoms with Gasteiger partial charge in [-0.3, -0.25) is 24.1 Å². The zero-order chi connectivity index (χ0) is 23.0. The summed E-state index contributed by atoms with van der Waals surface area (Å²) in [5.41, 5.74) is -1.07. The summed E-state index contributed by atoms with van der Waals surface area (Å²) in [5, 5.41) is 9.98. The van der Waals surface area contributed by atoms with E-state index in [2.05, 4.69) is 9.98 Å². The Kier molecular flexibility index (Phi) is 5.49. The molecule has 0 radical (unpaired) electrons. The predicted molar refractivity (Wildman–Crippen MR) is 116 cm³/mol. The third-order valence-electron chi connectivity index (χ3n) is 5.00. The van der Waals surface area contributed by atoms with E-state index in [-0.39, 0.29) is 15.7 Å². The summed E-state index contributed by atoms with van der Waals surface area (Å²) in [5.74, 6) is -1.25. The minimum Gasteiger partial charge on any atom is -0.494 e. The van der Waals surface area contributed by atoms with Crippen molar-refractivity contribution in [2.45, 2.75) is 19.4 Å². The SMILES string of the molecule is CCC1=C(C(=O)OC)[C@H](c2ccccc2)n2c(s/c(=C/c3c(O)[nH]c(=O)[nH]c3=O)c2=O)=N1. The molecule has 1 aromatic carbocycles. The van der Waals surface area contributed by atoms with Crippen LogP contribution in [0.15, 0.2) is 61.0 Å². The number of ether oxygens (including phenoxy) is 1. The molecule has 32 heavy (non-hydrogen) atoms. The van der Waals surface area contributed by atoms with E-state index in [1.165, 1.54) is 17.8 Å². The van der Waals surface area contributed by atoms with Crippen LogP contribution in [0, 0.1) is 0 Å². The monoisotopic (exact) mass is 454 g/mol. The molecule has 0 amide bonds. The highest BCUT2D eigenvalue weighted by molar-refractivity contribution is 7.07. The standard InChI is InChI=1S/C21H18N4O6S/c1-3-12-14(19(29)31-2)15(10-7-5-4-6-8-10)25-18(28)13(32-21(25)22-12)9-11-16(26)23-20(30)24-17(11)27/h4-9,15H,3H2,1-2H3,(H3,23,24,26,27,30)/b13-9+/t15-/m0/s1. The molecule has 3 aromatic rings. The van der Waals surface area contributed by atoms with Crippen LogP contribution in [0.2, 0.25) is 0 Å². The molecule has 0 saturated carbocycles. The minimum absolute atomic E-state index is 0.0964. The number of fused-ring (bicyclic) bond motifs is 1. The average molecular weight is 454 g/mol. The number of H-pyrrole nitrogens is 2. The predicted octanol–water partition coefficient (Wildman–Crippen LogP) is -0.119. The van der Waals surface area contributed by atoms with Gasteiger partial charge in [-0.2, -0.15) is 0 Å². The van der Waals surface area contributed by atoms with Crippen molar-refractivity contribution < 1.29 is 14.6 Å². The number of thiazole rings is 1. The smallest absolute Gasteiger partial charge is 0.338 e. The molecule has 3 heterocycles. The summed E-state index contributed by atoms with van der Waals surface area (Å²) >= 11 is 1.00. The summed E-state index contributed by atoms with van der Waals surface area (Å²) in [4.78, 5) is 58.4. The van der Waals surface area contributed by atoms with E-state index >= 15 is 0 Å². The first kappa shape index (κ1) is 21.2. The van der Waals surface area contributed by atoms with E-state index in [9.17, 15) is 24.3 Å². The van der Waals surface area contributed by atoms with Crippen molar-refractivity contribution in [2.24, 2.45) is 4.99 Å². The first-order chi connectivity index (χ1) is 15.3. The van der Waals surface area contributed by atoms with Gasteiger partial charge in [-0.05, 0) is 18.1 Å². The lowest BCUT2D eigenvalue weighted by Gasteiger charge is -2.25. The van der Waals surface area contributed by atoms with Gasteiger partial charge >= 0.3 is 11.7 Å². The van der Waals surface area contributed by atoms with Gasteiger partial charge in [-0.1, -0.05) is 48.6 Å². The number of aromatic amines is 2. The maximum Gasteiger partial charge on any atom is 0.338 e. The van der Waals surface area contributed by atoms with Crippen molar-refractivity contribution in [3.8, 4) is 5.88 Å². The van der Waals surface area contributed by atoms with Gasteiger partial charge in [0.1, 0.15) is 5.56 Å². The highest BCUT2D eigenvalue weighted by atomic mass is 32.1. The first-order valence-electron chi connectivity index (χ1n) is 9.59. The Morgan fingerprint density at radius 2 is 1.97 bits per heavy atom. The summed E-state index contributed by atoms with van der Waals surface area (Å²) in [6.07, 6.45) is 1.61. The molecule has 0 saturated heterocycles. The Hall–Kier alpha value is -3.99. The summed E-state index contributed by atoms with van der Waals surface area (Å²) in [6.45, 7) is 1.84. The van der Waals surface area contributed by atoms with Crippen molar-refractivity contribution in [2.75, 3.05) is 7.11 Å². The zero-order valence-corrected chi connectivity index (χ0v) is 17.9. The molecule has 2 aromatic heterocycles. The normalized spacial score (nSPS) is 15.9. The van der Waals surface area contributed by atoms with Crippen molar-refractivity contribution in [1.82, 2.24) is 14.5 Å². The number of carbonyl (C=O) groups excluding carboxylic acids is 1. The van der Waals surface area contributed by atoms with E-state index < -0.39 is 34.7 Å². The molecule has 4 rings (SSSR count). The lowest BCUT2D eigenvalue weighted by molar-refractivity contribution is -0.136. The Bertz CT molecular complexity index is 1540. The molecule has 11 heteroatoms. The van der Waals surface area contributed by atoms with Gasteiger partial charge in [0.15, 0.2) is 4.80 Å². The maximum atomic E-state index is 13.4. The van der Waals surface area contributed by atoms with Gasteiger partial charge in [0.05, 0.1) is 29.0 Å². The van der Waals surface area contributed by atoms with Crippen molar-refractivity contribution in [1.29, 1.82) is 0 Å². The Morgan fingerprint density at radius 1 is 1.25 bits per heavy atom. The van der Waals surface area contributed by atoms with Gasteiger partial charge in [0, 0.05) is 0 Å². The van der Waals surface area contributed by atoms with Crippen LogP contribution in [0.3, 0.4) is 0 Å². The fraction of sp³-hybridized carbons (Fsp3) is 0.190. The molecular formula is C21H18N4O6S. The molecule has 0 fully saturated rings. The fourth-order valence-electron chi connectivity index (χ4n) is 3.56. The van der Waals surface area contributed by atoms with Gasteiger partial charge in [-0.15, -0.1) is 0 Å². The van der Waals surface area contributed by atoms with Gasteiger partial charge in [0.25, 0.3) is 11.1 Å². The number of rotatable bonds is 4. The van der Waals surface area contributed by atoms with Crippen LogP contribution in [0.5, 0.6) is 5.88 Å². The molecule has 1 aliphatic rings. The van der Waals surface area contributed by atoms with Crippen molar-refractivity contribution >= 4 is 23.4 Å². The molecule has 3 N–H and O–H groups in total. The van der Waals surface area contributed by atoms with Gasteiger partial charge in [0.2, 0.25) is 5.88 Å². The number of carbonyl (C=O) groups is 1. The van der Waals surface area contributed by atoms with E-state index in [4.69, 9.17) is 4.74 Å². The second kappa shape index (κ2) is 8.27. The fourth-order valence-corrected chi connectivity index (χ4v) is 4.57. The second-order valence-corrected chi connectivity index (χ2v) is 7.88. The van der Waals surface area contributed by atoms with Crippen LogP contribution in [0.4, 0.5) is 0 Å². The highest BCUT2D eigenvalue weighted by Gasteiger charge is 2.33. The van der Waals surface area contributed by atoms with Crippen LogP contribution in [0.1, 0.15) is 30.5 Å². The molecule has 0 aliphatic carbocycles. The topological polar surface area (TPSA) is 147 Å². The van der Waals surface area contributed by atoms with Crippen LogP contribution in [-0.2, 0) is 9.53 Å². The highest BCUT2D eigenvalue weighted by Crippen LogP contribution is 2.31. The number of aromatic hydroxyl groups is 1. The molecule has 0 spiro atoms. The largest absolute Gasteiger partial charge is 0.494 e. The number of hydrogen-bond donors (Lipinski definition) is 3. The summed E-state index contributed by atoms with van der Waals surface area (Å²) in [7, 11) is 1.26. The molecule has 164 valence electrons. The van der Waals surface area contributed by atoms with Gasteiger partial charge < -0.3 is 9.84 Å². The maximum absolute atomic E-state index is 13.4. The summed E-state index contributed by atoms with van der Waals surface area (Å²) in [6, 6.07) is 8.22. The van der Waals surface area contributed by atoms with Crippen LogP contribution < -0.4 is 26.1 Å². The Morgan fingerprint density at radius 3 is 2.59 bits per heavy atom. The third-order valence-corrected chi connectivity index (χ3v) is 5.98. The number of methoxy groups -OCH3 is 1. The van der Waals surface area contributed by atoms with E-state index in [1.807, 2.05) is 18.0 Å². The number of esters is 1. The quantitative estimate of drug-likeness (QED) is 0.469. The Labute approximate surface area is 183 Å². The second-order valence-electron chi connectivity index (χ2n) is 6.87. The van der Waals surface area contributed by atoms with E-state index in [1.54, 1.807) is 24.3 Å². The number of aromatic nitrogens is 3. The van der Waals surface area contributed by atoms with Crippen LogP contribution in [-0.4, -0.2) is 32.7 Å². The lowest BCUT2D eigenvalue weighted by Crippen LogP contribution is -2.40. The third kappa shape index (κ3) is 3.52. The average Bonchev–Trinajstić information content (AvgIpc) is 3.09. The first-order valence-corrected chi connectivity index (χ1v) is 10.4. The molecule has 1 atom stereocenters. The van der Waals surface area contributed by atoms with E-state index in [0.717, 1.165) is 11.3 Å². The molecule has 0 unspecified atom stereocenters. The molecule has 1 aliphatic heterocycles. The molecular weight excluding hydrogens is 436 g/mol. The van der Waals surface area contributed by atoms with Crippen LogP contribution in [0.25, 0.3) is 6.08 Å². The van der Waals surface area contributed by atoms with Crippen molar-refractivity contribution in [3.63, 3.8) is 0 Å².